The maximum atomic E-state index is 12.1. The number of nitrogens with zero attached hydrogens (tertiary/aromatic N) is 1. The average molecular weight is 260 g/mol. The van der Waals surface area contributed by atoms with Crippen LogP contribution in [-0.4, -0.2) is 44.2 Å². The lowest BCUT2D eigenvalue weighted by molar-refractivity contribution is 0.364. The van der Waals surface area contributed by atoms with Gasteiger partial charge in [0.1, 0.15) is 0 Å². The minimum atomic E-state index is -3.02. The average Bonchev–Trinajstić information content (AvgIpc) is 2.99. The van der Waals surface area contributed by atoms with Crippen LogP contribution >= 0.6 is 0 Å². The van der Waals surface area contributed by atoms with E-state index in [2.05, 4.69) is 5.32 Å². The minimum Gasteiger partial charge on any atom is -0.313 e. The van der Waals surface area contributed by atoms with Crippen LogP contribution in [0.1, 0.15) is 44.9 Å². The second-order valence-electron chi connectivity index (χ2n) is 5.21. The molecule has 0 aromatic rings. The molecule has 0 spiro atoms. The summed E-state index contributed by atoms with van der Waals surface area (Å²) in [4.78, 5) is 0. The van der Waals surface area contributed by atoms with Crippen LogP contribution in [0.25, 0.3) is 0 Å². The van der Waals surface area contributed by atoms with Crippen molar-refractivity contribution in [3.8, 4) is 0 Å². The second kappa shape index (κ2) is 6.16. The van der Waals surface area contributed by atoms with Crippen LogP contribution in [0.4, 0.5) is 0 Å². The lowest BCUT2D eigenvalue weighted by Gasteiger charge is -2.24. The first-order valence-electron chi connectivity index (χ1n) is 6.90. The third-order valence-corrected chi connectivity index (χ3v) is 5.45. The normalized spacial score (nSPS) is 24.2. The predicted molar refractivity (Wildman–Crippen MR) is 69.5 cm³/mol. The van der Waals surface area contributed by atoms with Gasteiger partial charge in [0.25, 0.3) is 0 Å². The van der Waals surface area contributed by atoms with Crippen molar-refractivity contribution in [3.05, 3.63) is 0 Å². The fraction of sp³-hybridized carbons (Fsp3) is 1.00. The fourth-order valence-corrected chi connectivity index (χ4v) is 3.75. The number of hydrogen-bond acceptors (Lipinski definition) is 3. The van der Waals surface area contributed by atoms with Gasteiger partial charge in [0.05, 0.1) is 5.75 Å². The molecule has 2 aliphatic rings. The van der Waals surface area contributed by atoms with Gasteiger partial charge in [-0.1, -0.05) is 19.3 Å². The zero-order valence-electron chi connectivity index (χ0n) is 10.5. The highest BCUT2D eigenvalue weighted by molar-refractivity contribution is 7.89. The molecule has 1 saturated carbocycles. The molecule has 2 rings (SSSR count). The van der Waals surface area contributed by atoms with Gasteiger partial charge in [-0.25, -0.2) is 12.7 Å². The van der Waals surface area contributed by atoms with Gasteiger partial charge < -0.3 is 5.32 Å². The Morgan fingerprint density at radius 3 is 2.18 bits per heavy atom. The molecule has 0 amide bonds. The SMILES string of the molecule is O=S(=O)(CCNC1CC1)N1CCCCCCC1. The molecule has 1 heterocycles. The first kappa shape index (κ1) is 13.3. The highest BCUT2D eigenvalue weighted by Crippen LogP contribution is 2.18. The van der Waals surface area contributed by atoms with Crippen molar-refractivity contribution in [2.75, 3.05) is 25.4 Å². The summed E-state index contributed by atoms with van der Waals surface area (Å²) < 4.78 is 26.0. The molecule has 100 valence electrons. The molecule has 1 saturated heterocycles. The van der Waals surface area contributed by atoms with E-state index in [0.717, 1.165) is 25.9 Å². The molecular weight excluding hydrogens is 236 g/mol. The molecule has 5 heteroatoms. The maximum Gasteiger partial charge on any atom is 0.215 e. The van der Waals surface area contributed by atoms with E-state index in [4.69, 9.17) is 0 Å². The summed E-state index contributed by atoms with van der Waals surface area (Å²) in [6.07, 6.45) is 8.08. The van der Waals surface area contributed by atoms with Gasteiger partial charge in [-0.3, -0.25) is 0 Å². The van der Waals surface area contributed by atoms with Gasteiger partial charge in [-0.05, 0) is 25.7 Å². The van der Waals surface area contributed by atoms with E-state index in [1.54, 1.807) is 4.31 Å². The summed E-state index contributed by atoms with van der Waals surface area (Å²) in [7, 11) is -3.02. The molecule has 0 atom stereocenters. The van der Waals surface area contributed by atoms with E-state index in [-0.39, 0.29) is 5.75 Å². The Balaban J connectivity index is 1.78. The molecule has 4 nitrogen and oxygen atoms in total. The summed E-state index contributed by atoms with van der Waals surface area (Å²) in [5.74, 6) is 0.267. The summed E-state index contributed by atoms with van der Waals surface area (Å²) in [5, 5.41) is 3.27. The molecular formula is C12H24N2O2S. The molecule has 0 bridgehead atoms. The topological polar surface area (TPSA) is 49.4 Å². The Morgan fingerprint density at radius 2 is 1.59 bits per heavy atom. The number of sulfonamides is 1. The van der Waals surface area contributed by atoms with Crippen LogP contribution in [0.5, 0.6) is 0 Å². The van der Waals surface area contributed by atoms with Crippen LogP contribution < -0.4 is 5.32 Å². The molecule has 1 N–H and O–H groups in total. The van der Waals surface area contributed by atoms with E-state index in [1.165, 1.54) is 32.1 Å². The molecule has 17 heavy (non-hydrogen) atoms. The lowest BCUT2D eigenvalue weighted by atomic mass is 10.1. The van der Waals surface area contributed by atoms with Crippen molar-refractivity contribution in [2.45, 2.75) is 51.0 Å². The predicted octanol–water partition coefficient (Wildman–Crippen LogP) is 1.33. The standard InChI is InChI=1S/C12H24N2O2S/c15-17(16,11-8-13-12-6-7-12)14-9-4-2-1-3-5-10-14/h12-13H,1-11H2. The van der Waals surface area contributed by atoms with Crippen molar-refractivity contribution in [3.63, 3.8) is 0 Å². The van der Waals surface area contributed by atoms with Crippen molar-refractivity contribution < 1.29 is 8.42 Å². The van der Waals surface area contributed by atoms with Crippen LogP contribution in [0.3, 0.4) is 0 Å². The van der Waals surface area contributed by atoms with Crippen molar-refractivity contribution in [1.29, 1.82) is 0 Å². The highest BCUT2D eigenvalue weighted by atomic mass is 32.2. The minimum absolute atomic E-state index is 0.267. The molecule has 1 aliphatic carbocycles. The maximum absolute atomic E-state index is 12.1. The van der Waals surface area contributed by atoms with E-state index in [0.29, 0.717) is 12.6 Å². The third-order valence-electron chi connectivity index (χ3n) is 3.58. The van der Waals surface area contributed by atoms with Gasteiger partial charge in [0.2, 0.25) is 10.0 Å². The number of rotatable bonds is 5. The first-order valence-corrected chi connectivity index (χ1v) is 8.50. The van der Waals surface area contributed by atoms with Crippen LogP contribution in [0.15, 0.2) is 0 Å². The molecule has 2 fully saturated rings. The molecule has 0 aromatic heterocycles. The highest BCUT2D eigenvalue weighted by Gasteiger charge is 2.24. The summed E-state index contributed by atoms with van der Waals surface area (Å²) in [6, 6.07) is 0.595. The first-order chi connectivity index (χ1) is 8.18. The quantitative estimate of drug-likeness (QED) is 0.811. The Labute approximate surface area is 105 Å². The summed E-state index contributed by atoms with van der Waals surface area (Å²) >= 11 is 0. The Hall–Kier alpha value is -0.130. The van der Waals surface area contributed by atoms with Crippen LogP contribution in [-0.2, 0) is 10.0 Å². The molecule has 0 radical (unpaired) electrons. The van der Waals surface area contributed by atoms with Gasteiger partial charge in [0, 0.05) is 25.7 Å². The van der Waals surface area contributed by atoms with Gasteiger partial charge in [-0.2, -0.15) is 0 Å². The molecule has 0 aromatic carbocycles. The Morgan fingerprint density at radius 1 is 1.00 bits per heavy atom. The van der Waals surface area contributed by atoms with E-state index < -0.39 is 10.0 Å². The van der Waals surface area contributed by atoms with Crippen LogP contribution in [0.2, 0.25) is 0 Å². The zero-order chi connectivity index (χ0) is 12.1. The van der Waals surface area contributed by atoms with E-state index in [1.807, 2.05) is 0 Å². The third kappa shape index (κ3) is 4.56. The Bertz CT molecular complexity index is 317. The molecule has 0 unspecified atom stereocenters. The largest absolute Gasteiger partial charge is 0.313 e. The number of hydrogen-bond donors (Lipinski definition) is 1. The monoisotopic (exact) mass is 260 g/mol. The zero-order valence-corrected chi connectivity index (χ0v) is 11.3. The summed E-state index contributed by atoms with van der Waals surface area (Å²) in [5.41, 5.74) is 0. The summed E-state index contributed by atoms with van der Waals surface area (Å²) in [6.45, 7) is 2.07. The smallest absolute Gasteiger partial charge is 0.215 e. The van der Waals surface area contributed by atoms with E-state index in [9.17, 15) is 8.42 Å². The van der Waals surface area contributed by atoms with Crippen molar-refractivity contribution in [1.82, 2.24) is 9.62 Å². The lowest BCUT2D eigenvalue weighted by Crippen LogP contribution is -2.38. The number of nitrogens with one attached hydrogen (secondary N) is 1. The van der Waals surface area contributed by atoms with Crippen LogP contribution in [0, 0.1) is 0 Å². The van der Waals surface area contributed by atoms with Gasteiger partial charge in [0.15, 0.2) is 0 Å². The van der Waals surface area contributed by atoms with Crippen molar-refractivity contribution >= 4 is 10.0 Å². The van der Waals surface area contributed by atoms with Gasteiger partial charge >= 0.3 is 0 Å². The second-order valence-corrected chi connectivity index (χ2v) is 7.30. The van der Waals surface area contributed by atoms with E-state index >= 15 is 0 Å². The van der Waals surface area contributed by atoms with Gasteiger partial charge in [-0.15, -0.1) is 0 Å². The van der Waals surface area contributed by atoms with Crippen molar-refractivity contribution in [2.24, 2.45) is 0 Å². The molecule has 1 aliphatic heterocycles. The fourth-order valence-electron chi connectivity index (χ4n) is 2.31. The Kier molecular flexibility index (Phi) is 4.82.